The predicted molar refractivity (Wildman–Crippen MR) is 163 cm³/mol. The first kappa shape index (κ1) is 25.1. The van der Waals surface area contributed by atoms with E-state index in [1.165, 1.54) is 11.3 Å². The van der Waals surface area contributed by atoms with Gasteiger partial charge in [-0.2, -0.15) is 0 Å². The number of anilines is 1. The molecule has 7 rings (SSSR count). The van der Waals surface area contributed by atoms with Crippen molar-refractivity contribution in [2.45, 2.75) is 13.0 Å². The average Bonchev–Trinajstić information content (AvgIpc) is 3.53. The lowest BCUT2D eigenvalue weighted by Crippen LogP contribution is -2.51. The fraction of sp³-hybridized carbons (Fsp3) is 0.200. The minimum absolute atomic E-state index is 0.0133. The van der Waals surface area contributed by atoms with Crippen molar-refractivity contribution in [2.75, 3.05) is 37.6 Å². The molecule has 0 radical (unpaired) electrons. The lowest BCUT2D eigenvalue weighted by Gasteiger charge is -2.37. The van der Waals surface area contributed by atoms with Crippen LogP contribution in [0.3, 0.4) is 0 Å². The predicted octanol–water partition coefficient (Wildman–Crippen LogP) is 6.04. The Morgan fingerprint density at radius 1 is 0.805 bits per heavy atom. The number of para-hydroxylation sites is 2. The van der Waals surface area contributed by atoms with Crippen LogP contribution in [-0.4, -0.2) is 59.3 Å². The molecule has 41 heavy (non-hydrogen) atoms. The molecule has 1 N–H and O–H groups in total. The van der Waals surface area contributed by atoms with Crippen LogP contribution in [0, 0.1) is 6.92 Å². The molecule has 2 aliphatic rings. The average molecular weight is 541 g/mol. The molecule has 0 bridgehead atoms. The Labute approximate surface area is 239 Å². The highest BCUT2D eigenvalue weighted by Gasteiger charge is 2.41. The van der Waals surface area contributed by atoms with E-state index in [9.17, 15) is 9.59 Å². The SMILES string of the molecule is Cc1ccc(-c2[nH]c3ccccc3c2[C@H]2c3ccccc3C(=O)N2CC(=O)N2CCN(c3ccccc3)CC2)cc1. The Balaban J connectivity index is 1.24. The third kappa shape index (κ3) is 4.45. The molecule has 2 amide bonds. The Morgan fingerprint density at radius 3 is 2.27 bits per heavy atom. The van der Waals surface area contributed by atoms with Gasteiger partial charge in [0.2, 0.25) is 5.91 Å². The summed E-state index contributed by atoms with van der Waals surface area (Å²) in [6.45, 7) is 4.93. The van der Waals surface area contributed by atoms with Crippen LogP contribution in [0.4, 0.5) is 5.69 Å². The maximum absolute atomic E-state index is 13.9. The molecular weight excluding hydrogens is 508 g/mol. The number of hydrogen-bond donors (Lipinski definition) is 1. The number of H-pyrrole nitrogens is 1. The quantitative estimate of drug-likeness (QED) is 0.296. The van der Waals surface area contributed by atoms with Crippen molar-refractivity contribution in [3.05, 3.63) is 125 Å². The van der Waals surface area contributed by atoms with Gasteiger partial charge in [-0.25, -0.2) is 0 Å². The van der Waals surface area contributed by atoms with Gasteiger partial charge in [0.1, 0.15) is 6.54 Å². The second kappa shape index (κ2) is 10.3. The number of aromatic nitrogens is 1. The van der Waals surface area contributed by atoms with Crippen LogP contribution >= 0.6 is 0 Å². The number of nitrogens with zero attached hydrogens (tertiary/aromatic N) is 3. The zero-order valence-corrected chi connectivity index (χ0v) is 23.1. The van der Waals surface area contributed by atoms with Crippen LogP contribution < -0.4 is 4.90 Å². The van der Waals surface area contributed by atoms with E-state index in [2.05, 4.69) is 65.3 Å². The van der Waals surface area contributed by atoms with Crippen molar-refractivity contribution in [1.29, 1.82) is 0 Å². The van der Waals surface area contributed by atoms with E-state index in [0.29, 0.717) is 18.7 Å². The van der Waals surface area contributed by atoms with E-state index in [1.807, 2.05) is 59.5 Å². The van der Waals surface area contributed by atoms with Crippen molar-refractivity contribution in [3.8, 4) is 11.3 Å². The third-order valence-electron chi connectivity index (χ3n) is 8.48. The van der Waals surface area contributed by atoms with Gasteiger partial charge < -0.3 is 19.7 Å². The Morgan fingerprint density at radius 2 is 1.49 bits per heavy atom. The summed E-state index contributed by atoms with van der Waals surface area (Å²) in [6.07, 6.45) is 0. The van der Waals surface area contributed by atoms with Crippen molar-refractivity contribution in [3.63, 3.8) is 0 Å². The first-order valence-corrected chi connectivity index (χ1v) is 14.2. The molecular formula is C35H32N4O2. The summed E-state index contributed by atoms with van der Waals surface area (Å²) in [7, 11) is 0. The number of hydrogen-bond acceptors (Lipinski definition) is 3. The summed E-state index contributed by atoms with van der Waals surface area (Å²) in [5, 5.41) is 1.06. The molecule has 1 aromatic heterocycles. The minimum atomic E-state index is -0.374. The van der Waals surface area contributed by atoms with E-state index in [4.69, 9.17) is 0 Å². The van der Waals surface area contributed by atoms with Gasteiger partial charge in [-0.1, -0.05) is 84.4 Å². The van der Waals surface area contributed by atoms with Crippen LogP contribution in [0.25, 0.3) is 22.2 Å². The number of aryl methyl sites for hydroxylation is 1. The molecule has 1 fully saturated rings. The smallest absolute Gasteiger partial charge is 0.255 e. The van der Waals surface area contributed by atoms with Crippen molar-refractivity contribution >= 4 is 28.4 Å². The highest BCUT2D eigenvalue weighted by Crippen LogP contribution is 2.45. The number of aromatic amines is 1. The number of carbonyl (C=O) groups excluding carboxylic acids is 2. The van der Waals surface area contributed by atoms with E-state index in [1.54, 1.807) is 4.90 Å². The van der Waals surface area contributed by atoms with Crippen molar-refractivity contribution in [1.82, 2.24) is 14.8 Å². The van der Waals surface area contributed by atoms with Crippen LogP contribution in [-0.2, 0) is 4.79 Å². The molecule has 1 saturated heterocycles. The van der Waals surface area contributed by atoms with Gasteiger partial charge in [-0.05, 0) is 42.3 Å². The topological polar surface area (TPSA) is 59.7 Å². The zero-order valence-electron chi connectivity index (χ0n) is 23.1. The van der Waals surface area contributed by atoms with E-state index in [0.717, 1.165) is 46.4 Å². The number of piperazine rings is 1. The summed E-state index contributed by atoms with van der Waals surface area (Å²) >= 11 is 0. The molecule has 0 spiro atoms. The largest absolute Gasteiger partial charge is 0.368 e. The van der Waals surface area contributed by atoms with Gasteiger partial charge in [0.25, 0.3) is 5.91 Å². The molecule has 6 heteroatoms. The first-order chi connectivity index (χ1) is 20.1. The Hall–Kier alpha value is -4.84. The number of benzene rings is 4. The van der Waals surface area contributed by atoms with Gasteiger partial charge in [-0.15, -0.1) is 0 Å². The second-order valence-electron chi connectivity index (χ2n) is 11.0. The normalized spacial score (nSPS) is 16.9. The monoisotopic (exact) mass is 540 g/mol. The highest BCUT2D eigenvalue weighted by atomic mass is 16.2. The first-order valence-electron chi connectivity index (χ1n) is 14.2. The molecule has 0 unspecified atom stereocenters. The number of amides is 2. The number of rotatable bonds is 5. The fourth-order valence-electron chi connectivity index (χ4n) is 6.34. The molecule has 3 heterocycles. The van der Waals surface area contributed by atoms with Crippen molar-refractivity contribution < 1.29 is 9.59 Å². The maximum atomic E-state index is 13.9. The molecule has 204 valence electrons. The summed E-state index contributed by atoms with van der Waals surface area (Å²) < 4.78 is 0. The van der Waals surface area contributed by atoms with Gasteiger partial charge in [0.05, 0.1) is 11.7 Å². The van der Waals surface area contributed by atoms with Crippen LogP contribution in [0.1, 0.15) is 33.1 Å². The fourth-order valence-corrected chi connectivity index (χ4v) is 6.34. The summed E-state index contributed by atoms with van der Waals surface area (Å²) in [6, 6.07) is 34.4. The summed E-state index contributed by atoms with van der Waals surface area (Å²) in [5.41, 5.74) is 8.05. The number of carbonyl (C=O) groups is 2. The summed E-state index contributed by atoms with van der Waals surface area (Å²) in [5.74, 6) is -0.109. The van der Waals surface area contributed by atoms with E-state index >= 15 is 0 Å². The molecule has 1 atom stereocenters. The van der Waals surface area contributed by atoms with E-state index < -0.39 is 0 Å². The van der Waals surface area contributed by atoms with Gasteiger partial charge >= 0.3 is 0 Å². The van der Waals surface area contributed by atoms with Gasteiger partial charge in [-0.3, -0.25) is 9.59 Å². The Bertz CT molecular complexity index is 1730. The second-order valence-corrected chi connectivity index (χ2v) is 11.0. The molecule has 5 aromatic rings. The number of nitrogens with one attached hydrogen (secondary N) is 1. The number of fused-ring (bicyclic) bond motifs is 2. The zero-order chi connectivity index (χ0) is 27.9. The van der Waals surface area contributed by atoms with Crippen LogP contribution in [0.2, 0.25) is 0 Å². The summed E-state index contributed by atoms with van der Waals surface area (Å²) in [4.78, 5) is 37.3. The maximum Gasteiger partial charge on any atom is 0.255 e. The third-order valence-corrected chi connectivity index (χ3v) is 8.48. The molecule has 0 saturated carbocycles. The van der Waals surface area contributed by atoms with Crippen LogP contribution in [0.5, 0.6) is 0 Å². The minimum Gasteiger partial charge on any atom is -0.368 e. The Kier molecular flexibility index (Phi) is 6.31. The van der Waals surface area contributed by atoms with Crippen LogP contribution in [0.15, 0.2) is 103 Å². The van der Waals surface area contributed by atoms with Crippen molar-refractivity contribution in [2.24, 2.45) is 0 Å². The standard InChI is InChI=1S/C35H32N4O2/c1-24-15-17-25(18-16-24)33-32(29-13-7-8-14-30(29)36-33)34-27-11-5-6-12-28(27)35(41)39(34)23-31(40)38-21-19-37(20-22-38)26-9-3-2-4-10-26/h2-18,34,36H,19-23H2,1H3/t34-/m1/s1. The molecule has 4 aromatic carbocycles. The molecule has 6 nitrogen and oxygen atoms in total. The molecule has 0 aliphatic carbocycles. The lowest BCUT2D eigenvalue weighted by atomic mass is 9.93. The van der Waals surface area contributed by atoms with Gasteiger partial charge in [0, 0.05) is 53.9 Å². The highest BCUT2D eigenvalue weighted by molar-refractivity contribution is 6.03. The van der Waals surface area contributed by atoms with Gasteiger partial charge in [0.15, 0.2) is 0 Å². The van der Waals surface area contributed by atoms with E-state index in [-0.39, 0.29) is 24.4 Å². The molecule has 2 aliphatic heterocycles. The lowest BCUT2D eigenvalue weighted by molar-refractivity contribution is -0.132.